The first-order valence-corrected chi connectivity index (χ1v) is 8.63. The molecule has 1 N–H and O–H groups in total. The number of nitrogens with zero attached hydrogens (tertiary/aromatic N) is 1. The Morgan fingerprint density at radius 2 is 1.67 bits per heavy atom. The first-order chi connectivity index (χ1) is 11.7. The minimum absolute atomic E-state index is 0.0166. The predicted octanol–water partition coefficient (Wildman–Crippen LogP) is 2.01. The zero-order chi connectivity index (χ0) is 16.6. The molecule has 0 radical (unpaired) electrons. The molecule has 1 aromatic rings. The topological polar surface area (TPSA) is 67.9 Å². The van der Waals surface area contributed by atoms with Gasteiger partial charge in [-0.2, -0.15) is 0 Å². The quantitative estimate of drug-likeness (QED) is 0.921. The smallest absolute Gasteiger partial charge is 0.253 e. The Balaban J connectivity index is 1.35. The van der Waals surface area contributed by atoms with E-state index in [1.807, 2.05) is 4.90 Å². The molecule has 3 aliphatic rings. The van der Waals surface area contributed by atoms with Crippen LogP contribution in [0.5, 0.6) is 0 Å². The first-order valence-electron chi connectivity index (χ1n) is 8.63. The molecular formula is C18H22N2O4. The second-order valence-corrected chi connectivity index (χ2v) is 6.74. The summed E-state index contributed by atoms with van der Waals surface area (Å²) in [5.74, 6) is -0.199. The molecule has 1 aromatic carbocycles. The van der Waals surface area contributed by atoms with Gasteiger partial charge in [-0.3, -0.25) is 9.59 Å². The highest BCUT2D eigenvalue weighted by Gasteiger charge is 2.40. The molecule has 4 rings (SSSR count). The van der Waals surface area contributed by atoms with Gasteiger partial charge in [0.2, 0.25) is 5.91 Å². The van der Waals surface area contributed by atoms with Gasteiger partial charge in [0.05, 0.1) is 13.2 Å². The lowest BCUT2D eigenvalue weighted by Gasteiger charge is -2.37. The fraction of sp³-hybridized carbons (Fsp3) is 0.556. The van der Waals surface area contributed by atoms with Gasteiger partial charge in [0.25, 0.3) is 5.91 Å². The van der Waals surface area contributed by atoms with E-state index >= 15 is 0 Å². The maximum atomic E-state index is 12.6. The summed E-state index contributed by atoms with van der Waals surface area (Å²) in [5, 5.41) is 2.89. The average molecular weight is 330 g/mol. The van der Waals surface area contributed by atoms with Gasteiger partial charge in [-0.25, -0.2) is 0 Å². The van der Waals surface area contributed by atoms with E-state index in [0.717, 1.165) is 18.5 Å². The van der Waals surface area contributed by atoms with Crippen molar-refractivity contribution in [3.8, 4) is 0 Å². The predicted molar refractivity (Wildman–Crippen MR) is 87.6 cm³/mol. The minimum Gasteiger partial charge on any atom is -0.347 e. The molecule has 2 aliphatic heterocycles. The van der Waals surface area contributed by atoms with Crippen molar-refractivity contribution in [2.24, 2.45) is 5.92 Å². The Morgan fingerprint density at radius 1 is 1.04 bits per heavy atom. The molecule has 6 nitrogen and oxygen atoms in total. The van der Waals surface area contributed by atoms with Crippen LogP contribution in [0, 0.1) is 5.92 Å². The van der Waals surface area contributed by atoms with E-state index < -0.39 is 5.79 Å². The fourth-order valence-electron chi connectivity index (χ4n) is 3.30. The Kier molecular flexibility index (Phi) is 4.02. The Bertz CT molecular complexity index is 623. The lowest BCUT2D eigenvalue weighted by molar-refractivity contribution is -0.181. The highest BCUT2D eigenvalue weighted by atomic mass is 16.7. The third kappa shape index (κ3) is 3.16. The summed E-state index contributed by atoms with van der Waals surface area (Å²) in [7, 11) is 0. The number of nitrogens with one attached hydrogen (secondary N) is 1. The molecule has 24 heavy (non-hydrogen) atoms. The molecule has 2 heterocycles. The van der Waals surface area contributed by atoms with Gasteiger partial charge in [0.15, 0.2) is 5.79 Å². The van der Waals surface area contributed by atoms with Crippen LogP contribution in [0.4, 0.5) is 5.69 Å². The van der Waals surface area contributed by atoms with Crippen LogP contribution in [0.25, 0.3) is 0 Å². The molecule has 2 amide bonds. The largest absolute Gasteiger partial charge is 0.347 e. The zero-order valence-corrected chi connectivity index (χ0v) is 13.6. The van der Waals surface area contributed by atoms with Crippen LogP contribution in [-0.4, -0.2) is 48.8 Å². The second kappa shape index (κ2) is 6.18. The van der Waals surface area contributed by atoms with Gasteiger partial charge in [-0.05, 0) is 37.1 Å². The maximum Gasteiger partial charge on any atom is 0.253 e. The lowest BCUT2D eigenvalue weighted by Crippen LogP contribution is -2.47. The van der Waals surface area contributed by atoms with E-state index in [1.165, 1.54) is 0 Å². The molecule has 0 atom stereocenters. The van der Waals surface area contributed by atoms with Crippen LogP contribution in [-0.2, 0) is 14.3 Å². The molecule has 0 aromatic heterocycles. The van der Waals surface area contributed by atoms with Crippen molar-refractivity contribution >= 4 is 17.5 Å². The summed E-state index contributed by atoms with van der Waals surface area (Å²) in [6.07, 6.45) is 3.39. The van der Waals surface area contributed by atoms with Gasteiger partial charge in [-0.15, -0.1) is 0 Å². The van der Waals surface area contributed by atoms with E-state index in [1.54, 1.807) is 24.3 Å². The molecule has 128 valence electrons. The minimum atomic E-state index is -0.465. The second-order valence-electron chi connectivity index (χ2n) is 6.74. The summed E-state index contributed by atoms with van der Waals surface area (Å²) in [5.41, 5.74) is 1.39. The molecule has 0 bridgehead atoms. The maximum absolute atomic E-state index is 12.6. The fourth-order valence-corrected chi connectivity index (χ4v) is 3.30. The number of piperidine rings is 1. The number of likely N-dealkylation sites (tertiary alicyclic amines) is 1. The summed E-state index contributed by atoms with van der Waals surface area (Å²) in [4.78, 5) is 26.2. The number of hydrogen-bond donors (Lipinski definition) is 1. The first kappa shape index (κ1) is 15.6. The Labute approximate surface area is 141 Å². The van der Waals surface area contributed by atoms with Crippen molar-refractivity contribution in [1.82, 2.24) is 4.90 Å². The summed E-state index contributed by atoms with van der Waals surface area (Å²) in [6, 6.07) is 7.14. The van der Waals surface area contributed by atoms with Gasteiger partial charge >= 0.3 is 0 Å². The SMILES string of the molecule is O=C(Nc1ccc(C(=O)N2CCC3(CC2)OCCO3)cc1)C1CC1. The van der Waals surface area contributed by atoms with E-state index in [0.29, 0.717) is 44.7 Å². The van der Waals surface area contributed by atoms with Crippen molar-refractivity contribution in [2.75, 3.05) is 31.6 Å². The van der Waals surface area contributed by atoms with Crippen molar-refractivity contribution < 1.29 is 19.1 Å². The molecule has 3 fully saturated rings. The lowest BCUT2D eigenvalue weighted by atomic mass is 10.0. The summed E-state index contributed by atoms with van der Waals surface area (Å²) >= 11 is 0. The van der Waals surface area contributed by atoms with E-state index in [2.05, 4.69) is 5.32 Å². The van der Waals surface area contributed by atoms with E-state index in [-0.39, 0.29) is 17.7 Å². The monoisotopic (exact) mass is 330 g/mol. The average Bonchev–Trinajstić information content (AvgIpc) is 3.37. The number of amides is 2. The standard InChI is InChI=1S/C18H22N2O4/c21-16(13-1-2-13)19-15-5-3-14(4-6-15)17(22)20-9-7-18(8-10-20)23-11-12-24-18/h3-6,13H,1-2,7-12H2,(H,19,21). The summed E-state index contributed by atoms with van der Waals surface area (Å²) in [6.45, 7) is 2.56. The molecule has 6 heteroatoms. The highest BCUT2D eigenvalue weighted by Crippen LogP contribution is 2.32. The summed E-state index contributed by atoms with van der Waals surface area (Å²) < 4.78 is 11.4. The van der Waals surface area contributed by atoms with Gasteiger partial charge in [0.1, 0.15) is 0 Å². The van der Waals surface area contributed by atoms with E-state index in [4.69, 9.17) is 9.47 Å². The van der Waals surface area contributed by atoms with Crippen LogP contribution >= 0.6 is 0 Å². The zero-order valence-electron chi connectivity index (χ0n) is 13.6. The van der Waals surface area contributed by atoms with Crippen LogP contribution in [0.1, 0.15) is 36.0 Å². The van der Waals surface area contributed by atoms with Crippen LogP contribution < -0.4 is 5.32 Å². The third-order valence-corrected chi connectivity index (χ3v) is 4.97. The van der Waals surface area contributed by atoms with Crippen LogP contribution in [0.3, 0.4) is 0 Å². The molecule has 0 unspecified atom stereocenters. The molecule has 1 spiro atoms. The normalized spacial score (nSPS) is 22.6. The molecular weight excluding hydrogens is 308 g/mol. The Morgan fingerprint density at radius 3 is 2.25 bits per heavy atom. The Hall–Kier alpha value is -1.92. The van der Waals surface area contributed by atoms with Crippen molar-refractivity contribution in [3.05, 3.63) is 29.8 Å². The highest BCUT2D eigenvalue weighted by molar-refractivity contribution is 5.96. The van der Waals surface area contributed by atoms with Crippen LogP contribution in [0.2, 0.25) is 0 Å². The van der Waals surface area contributed by atoms with Gasteiger partial charge < -0.3 is 19.7 Å². The van der Waals surface area contributed by atoms with Gasteiger partial charge in [-0.1, -0.05) is 0 Å². The molecule has 2 saturated heterocycles. The number of carbonyl (C=O) groups is 2. The number of anilines is 1. The van der Waals surface area contributed by atoms with Gasteiger partial charge in [0, 0.05) is 43.1 Å². The molecule has 1 aliphatic carbocycles. The number of benzene rings is 1. The van der Waals surface area contributed by atoms with E-state index in [9.17, 15) is 9.59 Å². The van der Waals surface area contributed by atoms with Crippen LogP contribution in [0.15, 0.2) is 24.3 Å². The number of hydrogen-bond acceptors (Lipinski definition) is 4. The van der Waals surface area contributed by atoms with Crippen molar-refractivity contribution in [3.63, 3.8) is 0 Å². The number of ether oxygens (including phenoxy) is 2. The molecule has 1 saturated carbocycles. The van der Waals surface area contributed by atoms with Crippen molar-refractivity contribution in [1.29, 1.82) is 0 Å². The number of rotatable bonds is 3. The van der Waals surface area contributed by atoms with Crippen molar-refractivity contribution in [2.45, 2.75) is 31.5 Å². The number of carbonyl (C=O) groups excluding carboxylic acids is 2. The third-order valence-electron chi connectivity index (χ3n) is 4.97.